The highest BCUT2D eigenvalue weighted by Gasteiger charge is 2.20. The van der Waals surface area contributed by atoms with Gasteiger partial charge in [0.2, 0.25) is 0 Å². The summed E-state index contributed by atoms with van der Waals surface area (Å²) in [6, 6.07) is 11.4. The predicted molar refractivity (Wildman–Crippen MR) is 123 cm³/mol. The molecule has 4 rings (SSSR count). The molecular weight excluding hydrogens is 421 g/mol. The molecule has 1 aromatic heterocycles. The second-order valence-corrected chi connectivity index (χ2v) is 8.55. The predicted octanol–water partition coefficient (Wildman–Crippen LogP) is 5.36. The van der Waals surface area contributed by atoms with Crippen LogP contribution in [0, 0.1) is 0 Å². The van der Waals surface area contributed by atoms with Crippen molar-refractivity contribution < 1.29 is 9.53 Å². The molecule has 0 spiro atoms. The van der Waals surface area contributed by atoms with Crippen molar-refractivity contribution in [3.8, 4) is 17.0 Å². The number of nitrogens with zero attached hydrogens (tertiary/aromatic N) is 1. The summed E-state index contributed by atoms with van der Waals surface area (Å²) in [7, 11) is 2.11. The Labute approximate surface area is 186 Å². The van der Waals surface area contributed by atoms with Crippen LogP contribution in [-0.2, 0) is 0 Å². The standard InChI is InChI=1S/C23H25Cl2N3O2/c1-3-30-22-12-14(23(29)26-16-6-8-28(2)9-7-16)4-5-17(22)21-11-15-10-18(24)19(25)13-20(15)27-21/h4-5,10-13,16,27H,3,6-9H2,1-2H3,(H,26,29). The molecule has 7 heteroatoms. The van der Waals surface area contributed by atoms with E-state index in [1.54, 1.807) is 0 Å². The molecule has 0 radical (unpaired) electrons. The van der Waals surface area contributed by atoms with Gasteiger partial charge in [-0.3, -0.25) is 4.79 Å². The first-order valence-electron chi connectivity index (χ1n) is 10.2. The smallest absolute Gasteiger partial charge is 0.251 e. The molecule has 3 aromatic rings. The number of likely N-dealkylation sites (tertiary alicyclic amines) is 1. The molecule has 0 bridgehead atoms. The summed E-state index contributed by atoms with van der Waals surface area (Å²) in [4.78, 5) is 18.4. The van der Waals surface area contributed by atoms with Gasteiger partial charge in [-0.25, -0.2) is 0 Å². The number of fused-ring (bicyclic) bond motifs is 1. The van der Waals surface area contributed by atoms with Gasteiger partial charge in [0.05, 0.1) is 22.3 Å². The Kier molecular flexibility index (Phi) is 6.23. The molecule has 30 heavy (non-hydrogen) atoms. The number of ether oxygens (including phenoxy) is 1. The van der Waals surface area contributed by atoms with Crippen LogP contribution in [0.3, 0.4) is 0 Å². The Morgan fingerprint density at radius 2 is 1.90 bits per heavy atom. The molecule has 2 heterocycles. The first-order valence-corrected chi connectivity index (χ1v) is 10.9. The lowest BCUT2D eigenvalue weighted by atomic mass is 10.0. The van der Waals surface area contributed by atoms with Crippen LogP contribution in [0.5, 0.6) is 5.75 Å². The molecule has 1 saturated heterocycles. The molecule has 1 aliphatic heterocycles. The number of benzene rings is 2. The monoisotopic (exact) mass is 445 g/mol. The van der Waals surface area contributed by atoms with Gasteiger partial charge in [0.1, 0.15) is 5.75 Å². The quantitative estimate of drug-likeness (QED) is 0.555. The lowest BCUT2D eigenvalue weighted by Gasteiger charge is -2.29. The minimum Gasteiger partial charge on any atom is -0.493 e. The van der Waals surface area contributed by atoms with Gasteiger partial charge < -0.3 is 19.9 Å². The van der Waals surface area contributed by atoms with Crippen molar-refractivity contribution in [1.29, 1.82) is 0 Å². The Morgan fingerprint density at radius 1 is 1.17 bits per heavy atom. The van der Waals surface area contributed by atoms with Gasteiger partial charge in [0, 0.05) is 28.1 Å². The van der Waals surface area contributed by atoms with Crippen molar-refractivity contribution in [2.75, 3.05) is 26.7 Å². The van der Waals surface area contributed by atoms with Gasteiger partial charge in [0.25, 0.3) is 5.91 Å². The largest absolute Gasteiger partial charge is 0.493 e. The van der Waals surface area contributed by atoms with Gasteiger partial charge in [-0.15, -0.1) is 0 Å². The number of halogens is 2. The van der Waals surface area contributed by atoms with Crippen LogP contribution in [0.1, 0.15) is 30.1 Å². The van der Waals surface area contributed by atoms with Crippen LogP contribution in [-0.4, -0.2) is 48.6 Å². The van der Waals surface area contributed by atoms with E-state index in [9.17, 15) is 4.79 Å². The van der Waals surface area contributed by atoms with Crippen LogP contribution in [0.15, 0.2) is 36.4 Å². The lowest BCUT2D eigenvalue weighted by Crippen LogP contribution is -2.43. The molecule has 1 amide bonds. The van der Waals surface area contributed by atoms with Crippen molar-refractivity contribution >= 4 is 40.0 Å². The number of hydrogen-bond donors (Lipinski definition) is 2. The van der Waals surface area contributed by atoms with Crippen molar-refractivity contribution in [1.82, 2.24) is 15.2 Å². The van der Waals surface area contributed by atoms with Crippen molar-refractivity contribution in [3.63, 3.8) is 0 Å². The van der Waals surface area contributed by atoms with Gasteiger partial charge in [0.15, 0.2) is 0 Å². The number of amides is 1. The van der Waals surface area contributed by atoms with Gasteiger partial charge >= 0.3 is 0 Å². The second-order valence-electron chi connectivity index (χ2n) is 7.73. The zero-order valence-corrected chi connectivity index (χ0v) is 18.6. The highest BCUT2D eigenvalue weighted by atomic mass is 35.5. The Bertz CT molecular complexity index is 1030. The topological polar surface area (TPSA) is 57.4 Å². The Hall–Kier alpha value is -2.21. The Morgan fingerprint density at radius 3 is 2.63 bits per heavy atom. The summed E-state index contributed by atoms with van der Waals surface area (Å²) < 4.78 is 5.87. The van der Waals surface area contributed by atoms with E-state index < -0.39 is 0 Å². The van der Waals surface area contributed by atoms with E-state index in [0.717, 1.165) is 48.1 Å². The van der Waals surface area contributed by atoms with Gasteiger partial charge in [-0.2, -0.15) is 0 Å². The number of aromatic amines is 1. The second kappa shape index (κ2) is 8.88. The average Bonchev–Trinajstić information content (AvgIpc) is 3.12. The molecule has 5 nitrogen and oxygen atoms in total. The van der Waals surface area contributed by atoms with E-state index in [-0.39, 0.29) is 11.9 Å². The zero-order chi connectivity index (χ0) is 21.3. The summed E-state index contributed by atoms with van der Waals surface area (Å²) in [5.74, 6) is 0.601. The third-order valence-electron chi connectivity index (χ3n) is 5.55. The summed E-state index contributed by atoms with van der Waals surface area (Å²) in [5, 5.41) is 5.14. The first-order chi connectivity index (χ1) is 14.4. The molecule has 2 aromatic carbocycles. The van der Waals surface area contributed by atoms with Crippen LogP contribution >= 0.6 is 23.2 Å². The molecular formula is C23H25Cl2N3O2. The maximum Gasteiger partial charge on any atom is 0.251 e. The molecule has 1 fully saturated rings. The van der Waals surface area contributed by atoms with E-state index >= 15 is 0 Å². The fourth-order valence-electron chi connectivity index (χ4n) is 3.85. The van der Waals surface area contributed by atoms with Gasteiger partial charge in [-0.05, 0) is 76.3 Å². The molecule has 0 atom stereocenters. The number of carbonyl (C=O) groups excluding carboxylic acids is 1. The maximum absolute atomic E-state index is 12.8. The molecule has 0 unspecified atom stereocenters. The van der Waals surface area contributed by atoms with Crippen molar-refractivity contribution in [2.45, 2.75) is 25.8 Å². The number of H-pyrrole nitrogens is 1. The number of nitrogens with one attached hydrogen (secondary N) is 2. The zero-order valence-electron chi connectivity index (χ0n) is 17.1. The fourth-order valence-corrected chi connectivity index (χ4v) is 4.19. The number of piperidine rings is 1. The highest BCUT2D eigenvalue weighted by Crippen LogP contribution is 2.35. The average molecular weight is 446 g/mol. The molecule has 0 aliphatic carbocycles. The number of aromatic nitrogens is 1. The van der Waals surface area contributed by atoms with E-state index in [0.29, 0.717) is 28.0 Å². The third kappa shape index (κ3) is 4.43. The molecule has 158 valence electrons. The normalized spacial score (nSPS) is 15.5. The van der Waals surface area contributed by atoms with Gasteiger partial charge in [-0.1, -0.05) is 23.2 Å². The number of rotatable bonds is 5. The molecule has 2 N–H and O–H groups in total. The first kappa shape index (κ1) is 21.0. The van der Waals surface area contributed by atoms with E-state index in [1.165, 1.54) is 0 Å². The third-order valence-corrected chi connectivity index (χ3v) is 6.27. The summed E-state index contributed by atoms with van der Waals surface area (Å²) in [5.41, 5.74) is 3.26. The number of carbonyl (C=O) groups is 1. The van der Waals surface area contributed by atoms with Crippen LogP contribution in [0.4, 0.5) is 0 Å². The van der Waals surface area contributed by atoms with E-state index in [1.807, 2.05) is 43.3 Å². The fraction of sp³-hybridized carbons (Fsp3) is 0.348. The Balaban J connectivity index is 1.61. The van der Waals surface area contributed by atoms with Crippen LogP contribution in [0.25, 0.3) is 22.2 Å². The molecule has 0 saturated carbocycles. The summed E-state index contributed by atoms with van der Waals surface area (Å²) in [6.45, 7) is 4.44. The minimum atomic E-state index is -0.0627. The summed E-state index contributed by atoms with van der Waals surface area (Å²) >= 11 is 12.3. The highest BCUT2D eigenvalue weighted by molar-refractivity contribution is 6.42. The van der Waals surface area contributed by atoms with Crippen LogP contribution in [0.2, 0.25) is 10.0 Å². The van der Waals surface area contributed by atoms with Crippen LogP contribution < -0.4 is 10.1 Å². The van der Waals surface area contributed by atoms with E-state index in [4.69, 9.17) is 27.9 Å². The summed E-state index contributed by atoms with van der Waals surface area (Å²) in [6.07, 6.45) is 1.94. The van der Waals surface area contributed by atoms with Crippen molar-refractivity contribution in [3.05, 3.63) is 52.0 Å². The number of hydrogen-bond acceptors (Lipinski definition) is 3. The lowest BCUT2D eigenvalue weighted by molar-refractivity contribution is 0.0916. The maximum atomic E-state index is 12.8. The van der Waals surface area contributed by atoms with Crippen molar-refractivity contribution in [2.24, 2.45) is 0 Å². The molecule has 1 aliphatic rings. The van der Waals surface area contributed by atoms with E-state index in [2.05, 4.69) is 22.2 Å². The minimum absolute atomic E-state index is 0.0627. The SMILES string of the molecule is CCOc1cc(C(=O)NC2CCN(C)CC2)ccc1-c1cc2cc(Cl)c(Cl)cc2[nH]1.